The Bertz CT molecular complexity index is 500. The molecular formula is C20H38N4O2. The molecule has 0 aromatic carbocycles. The normalized spacial score (nSPS) is 26.0. The van der Waals surface area contributed by atoms with Gasteiger partial charge in [-0.3, -0.25) is 19.4 Å². The number of rotatable bonds is 5. The number of likely N-dealkylation sites (N-methyl/N-ethyl adjacent to an activating group) is 1. The van der Waals surface area contributed by atoms with Crippen molar-refractivity contribution in [2.24, 2.45) is 5.92 Å². The fourth-order valence-corrected chi connectivity index (χ4v) is 4.00. The molecule has 6 nitrogen and oxygen atoms in total. The van der Waals surface area contributed by atoms with Crippen molar-refractivity contribution in [1.82, 2.24) is 19.6 Å². The maximum atomic E-state index is 12.7. The molecule has 0 radical (unpaired) electrons. The highest BCUT2D eigenvalue weighted by Crippen LogP contribution is 2.26. The average molecular weight is 367 g/mol. The van der Waals surface area contributed by atoms with Crippen LogP contribution in [0.2, 0.25) is 0 Å². The topological polar surface area (TPSA) is 47.1 Å². The standard InChI is InChI=1S/C20H38N4O2/c1-16(2)19(26)24-10-9-21(6)20(5,15-24)8-7-18(25)23-13-11-22(12-14-23)17(3)4/h16-17H,7-15H2,1-6H3. The van der Waals surface area contributed by atoms with Gasteiger partial charge in [0.2, 0.25) is 11.8 Å². The first-order valence-corrected chi connectivity index (χ1v) is 10.2. The molecule has 2 heterocycles. The Hall–Kier alpha value is -1.14. The summed E-state index contributed by atoms with van der Waals surface area (Å²) in [4.78, 5) is 33.8. The highest BCUT2D eigenvalue weighted by atomic mass is 16.2. The van der Waals surface area contributed by atoms with Gasteiger partial charge in [0.1, 0.15) is 0 Å². The SMILES string of the molecule is CC(C)C(=O)N1CCN(C)C(C)(CCC(=O)N2CCN(C(C)C)CC2)C1. The van der Waals surface area contributed by atoms with Gasteiger partial charge in [0.15, 0.2) is 0 Å². The Kier molecular flexibility index (Phi) is 7.08. The van der Waals surface area contributed by atoms with Crippen LogP contribution in [0.3, 0.4) is 0 Å². The number of carbonyl (C=O) groups is 2. The van der Waals surface area contributed by atoms with Gasteiger partial charge in [-0.2, -0.15) is 0 Å². The zero-order valence-electron chi connectivity index (χ0n) is 17.6. The highest BCUT2D eigenvalue weighted by Gasteiger charge is 2.38. The summed E-state index contributed by atoms with van der Waals surface area (Å²) in [6.45, 7) is 16.5. The van der Waals surface area contributed by atoms with Crippen molar-refractivity contribution < 1.29 is 9.59 Å². The van der Waals surface area contributed by atoms with E-state index in [-0.39, 0.29) is 23.3 Å². The summed E-state index contributed by atoms with van der Waals surface area (Å²) < 4.78 is 0. The third-order valence-corrected chi connectivity index (χ3v) is 6.24. The van der Waals surface area contributed by atoms with Gasteiger partial charge in [0.25, 0.3) is 0 Å². The van der Waals surface area contributed by atoms with Crippen LogP contribution in [0.15, 0.2) is 0 Å². The molecule has 0 aliphatic carbocycles. The van der Waals surface area contributed by atoms with Crippen molar-refractivity contribution in [3.8, 4) is 0 Å². The lowest BCUT2D eigenvalue weighted by Gasteiger charge is -2.48. The second-order valence-electron chi connectivity index (χ2n) is 8.84. The molecule has 1 unspecified atom stereocenters. The van der Waals surface area contributed by atoms with Crippen LogP contribution < -0.4 is 0 Å². The van der Waals surface area contributed by atoms with Gasteiger partial charge in [-0.05, 0) is 34.2 Å². The summed E-state index contributed by atoms with van der Waals surface area (Å²) in [7, 11) is 2.11. The molecule has 0 aromatic heterocycles. The van der Waals surface area contributed by atoms with Crippen molar-refractivity contribution in [1.29, 1.82) is 0 Å². The Morgan fingerprint density at radius 3 is 2.04 bits per heavy atom. The summed E-state index contributed by atoms with van der Waals surface area (Å²) in [6.07, 6.45) is 1.36. The van der Waals surface area contributed by atoms with Gasteiger partial charge < -0.3 is 9.80 Å². The highest BCUT2D eigenvalue weighted by molar-refractivity contribution is 5.78. The maximum Gasteiger partial charge on any atom is 0.225 e. The fraction of sp³-hybridized carbons (Fsp3) is 0.900. The first-order valence-electron chi connectivity index (χ1n) is 10.2. The number of hydrogen-bond donors (Lipinski definition) is 0. The summed E-state index contributed by atoms with van der Waals surface area (Å²) in [5.41, 5.74) is -0.127. The minimum Gasteiger partial charge on any atom is -0.340 e. The summed E-state index contributed by atoms with van der Waals surface area (Å²) in [6, 6.07) is 0.548. The van der Waals surface area contributed by atoms with Crippen LogP contribution in [-0.2, 0) is 9.59 Å². The first-order chi connectivity index (χ1) is 12.1. The molecule has 0 N–H and O–H groups in total. The number of amides is 2. The van der Waals surface area contributed by atoms with Crippen LogP contribution in [0.5, 0.6) is 0 Å². The molecule has 0 bridgehead atoms. The van der Waals surface area contributed by atoms with E-state index in [0.717, 1.165) is 52.2 Å². The molecule has 26 heavy (non-hydrogen) atoms. The monoisotopic (exact) mass is 366 g/mol. The molecule has 2 aliphatic heterocycles. The molecule has 2 saturated heterocycles. The van der Waals surface area contributed by atoms with Crippen LogP contribution >= 0.6 is 0 Å². The maximum absolute atomic E-state index is 12.7. The molecule has 2 amide bonds. The van der Waals surface area contributed by atoms with E-state index in [9.17, 15) is 9.59 Å². The minimum atomic E-state index is -0.127. The smallest absolute Gasteiger partial charge is 0.225 e. The third-order valence-electron chi connectivity index (χ3n) is 6.24. The molecule has 6 heteroatoms. The predicted octanol–water partition coefficient (Wildman–Crippen LogP) is 1.51. The van der Waals surface area contributed by atoms with Gasteiger partial charge in [-0.15, -0.1) is 0 Å². The second-order valence-corrected chi connectivity index (χ2v) is 8.84. The van der Waals surface area contributed by atoms with E-state index in [4.69, 9.17) is 0 Å². The zero-order chi connectivity index (χ0) is 19.5. The third kappa shape index (κ3) is 4.97. The summed E-state index contributed by atoms with van der Waals surface area (Å²) in [5, 5.41) is 0. The van der Waals surface area contributed by atoms with Gasteiger partial charge in [0, 0.05) is 69.7 Å². The molecule has 0 aromatic rings. The quantitative estimate of drug-likeness (QED) is 0.740. The van der Waals surface area contributed by atoms with Gasteiger partial charge in [0.05, 0.1) is 0 Å². The van der Waals surface area contributed by atoms with Crippen molar-refractivity contribution in [3.63, 3.8) is 0 Å². The fourth-order valence-electron chi connectivity index (χ4n) is 4.00. The lowest BCUT2D eigenvalue weighted by Crippen LogP contribution is -2.61. The predicted molar refractivity (Wildman–Crippen MR) is 105 cm³/mol. The van der Waals surface area contributed by atoms with Crippen LogP contribution in [0, 0.1) is 5.92 Å². The Labute approximate surface area is 159 Å². The van der Waals surface area contributed by atoms with E-state index in [2.05, 4.69) is 37.6 Å². The van der Waals surface area contributed by atoms with Crippen LogP contribution in [0.25, 0.3) is 0 Å². The lowest BCUT2D eigenvalue weighted by molar-refractivity contribution is -0.140. The van der Waals surface area contributed by atoms with Crippen molar-refractivity contribution >= 4 is 11.8 Å². The zero-order valence-corrected chi connectivity index (χ0v) is 17.6. The van der Waals surface area contributed by atoms with Crippen molar-refractivity contribution in [2.45, 2.75) is 59.0 Å². The molecule has 2 aliphatic rings. The lowest BCUT2D eigenvalue weighted by atomic mass is 9.90. The molecule has 150 valence electrons. The van der Waals surface area contributed by atoms with Gasteiger partial charge in [-0.25, -0.2) is 0 Å². The van der Waals surface area contributed by atoms with E-state index < -0.39 is 0 Å². The largest absolute Gasteiger partial charge is 0.340 e. The number of nitrogens with zero attached hydrogens (tertiary/aromatic N) is 4. The second kappa shape index (κ2) is 8.70. The van der Waals surface area contributed by atoms with E-state index in [1.807, 2.05) is 23.6 Å². The number of piperazine rings is 2. The number of carbonyl (C=O) groups excluding carboxylic acids is 2. The van der Waals surface area contributed by atoms with E-state index >= 15 is 0 Å². The van der Waals surface area contributed by atoms with E-state index in [0.29, 0.717) is 12.5 Å². The molecule has 0 spiro atoms. The minimum absolute atomic E-state index is 0.0292. The Morgan fingerprint density at radius 1 is 0.923 bits per heavy atom. The van der Waals surface area contributed by atoms with Crippen LogP contribution in [0.4, 0.5) is 0 Å². The summed E-state index contributed by atoms with van der Waals surface area (Å²) >= 11 is 0. The number of hydrogen-bond acceptors (Lipinski definition) is 4. The van der Waals surface area contributed by atoms with E-state index in [1.54, 1.807) is 0 Å². The first kappa shape index (κ1) is 21.2. The summed E-state index contributed by atoms with van der Waals surface area (Å²) in [5.74, 6) is 0.511. The molecule has 2 fully saturated rings. The molecule has 1 atom stereocenters. The average Bonchev–Trinajstić information content (AvgIpc) is 2.61. The molecule has 2 rings (SSSR count). The van der Waals surface area contributed by atoms with Crippen molar-refractivity contribution in [2.75, 3.05) is 52.9 Å². The van der Waals surface area contributed by atoms with E-state index in [1.165, 1.54) is 0 Å². The Morgan fingerprint density at radius 2 is 1.50 bits per heavy atom. The molecule has 0 saturated carbocycles. The molecular weight excluding hydrogens is 328 g/mol. The van der Waals surface area contributed by atoms with Crippen LogP contribution in [0.1, 0.15) is 47.5 Å². The van der Waals surface area contributed by atoms with Crippen LogP contribution in [-0.4, -0.2) is 95.9 Å². The van der Waals surface area contributed by atoms with Crippen molar-refractivity contribution in [3.05, 3.63) is 0 Å². The van der Waals surface area contributed by atoms with Gasteiger partial charge >= 0.3 is 0 Å². The van der Waals surface area contributed by atoms with Gasteiger partial charge in [-0.1, -0.05) is 13.8 Å². The Balaban J connectivity index is 1.88.